The Hall–Kier alpha value is -3.04. The SMILES string of the molecule is C=CCOc1c(Br)cc(C=C2SC(=Nc3cccc(C(=O)OC)c3)N(C)C2=O)cc1OC. The number of methoxy groups -OCH3 is 2. The molecular formula is C23H21BrN2O5S. The predicted molar refractivity (Wildman–Crippen MR) is 130 cm³/mol. The molecule has 0 saturated carbocycles. The van der Waals surface area contributed by atoms with Crippen LogP contribution in [0.5, 0.6) is 11.5 Å². The van der Waals surface area contributed by atoms with Gasteiger partial charge in [0.2, 0.25) is 0 Å². The Morgan fingerprint density at radius 1 is 1.28 bits per heavy atom. The lowest BCUT2D eigenvalue weighted by Gasteiger charge is -2.12. The smallest absolute Gasteiger partial charge is 0.337 e. The van der Waals surface area contributed by atoms with Gasteiger partial charge in [0, 0.05) is 7.05 Å². The Bertz CT molecular complexity index is 1130. The fourth-order valence-electron chi connectivity index (χ4n) is 2.84. The molecule has 9 heteroatoms. The third kappa shape index (κ3) is 5.23. The number of carbonyl (C=O) groups excluding carboxylic acids is 2. The summed E-state index contributed by atoms with van der Waals surface area (Å²) in [4.78, 5) is 31.0. The van der Waals surface area contributed by atoms with Gasteiger partial charge >= 0.3 is 5.97 Å². The molecule has 2 aromatic rings. The van der Waals surface area contributed by atoms with Crippen LogP contribution >= 0.6 is 27.7 Å². The van der Waals surface area contributed by atoms with Gasteiger partial charge in [-0.3, -0.25) is 9.69 Å². The first-order valence-electron chi connectivity index (χ1n) is 9.43. The highest BCUT2D eigenvalue weighted by atomic mass is 79.9. The lowest BCUT2D eigenvalue weighted by atomic mass is 10.2. The summed E-state index contributed by atoms with van der Waals surface area (Å²) < 4.78 is 16.5. The molecule has 1 fully saturated rings. The summed E-state index contributed by atoms with van der Waals surface area (Å²) in [5.41, 5.74) is 1.69. The molecule has 1 aliphatic heterocycles. The second kappa shape index (κ2) is 10.5. The van der Waals surface area contributed by atoms with Crippen molar-refractivity contribution in [3.8, 4) is 11.5 Å². The molecule has 166 valence electrons. The zero-order chi connectivity index (χ0) is 23.3. The maximum Gasteiger partial charge on any atom is 0.337 e. The van der Waals surface area contributed by atoms with E-state index < -0.39 is 5.97 Å². The molecule has 1 heterocycles. The van der Waals surface area contributed by atoms with Gasteiger partial charge in [0.25, 0.3) is 5.91 Å². The van der Waals surface area contributed by atoms with Crippen LogP contribution in [0, 0.1) is 0 Å². The number of rotatable bonds is 7. The topological polar surface area (TPSA) is 77.4 Å². The van der Waals surface area contributed by atoms with Crippen LogP contribution in [0.2, 0.25) is 0 Å². The van der Waals surface area contributed by atoms with Gasteiger partial charge in [-0.1, -0.05) is 18.7 Å². The second-order valence-corrected chi connectivity index (χ2v) is 8.41. The van der Waals surface area contributed by atoms with Gasteiger partial charge in [-0.25, -0.2) is 9.79 Å². The lowest BCUT2D eigenvalue weighted by Crippen LogP contribution is -2.23. The molecule has 0 bridgehead atoms. The third-order valence-electron chi connectivity index (χ3n) is 4.39. The molecule has 1 amide bonds. The summed E-state index contributed by atoms with van der Waals surface area (Å²) in [6.07, 6.45) is 3.41. The van der Waals surface area contributed by atoms with Crippen molar-refractivity contribution in [1.82, 2.24) is 4.90 Å². The normalized spacial score (nSPS) is 15.9. The Kier molecular flexibility index (Phi) is 7.76. The number of ether oxygens (including phenoxy) is 3. The van der Waals surface area contributed by atoms with Gasteiger partial charge in [-0.2, -0.15) is 0 Å². The van der Waals surface area contributed by atoms with Gasteiger partial charge in [0.15, 0.2) is 16.7 Å². The van der Waals surface area contributed by atoms with Crippen molar-refractivity contribution in [2.75, 3.05) is 27.9 Å². The molecule has 1 saturated heterocycles. The number of hydrogen-bond acceptors (Lipinski definition) is 7. The highest BCUT2D eigenvalue weighted by molar-refractivity contribution is 9.10. The van der Waals surface area contributed by atoms with Crippen molar-refractivity contribution < 1.29 is 23.8 Å². The third-order valence-corrected chi connectivity index (χ3v) is 6.04. The number of thioether (sulfide) groups is 1. The molecule has 1 aliphatic rings. The molecule has 7 nitrogen and oxygen atoms in total. The quantitative estimate of drug-likeness (QED) is 0.291. The minimum absolute atomic E-state index is 0.181. The van der Waals surface area contributed by atoms with E-state index in [1.807, 2.05) is 6.07 Å². The van der Waals surface area contributed by atoms with Crippen molar-refractivity contribution in [3.63, 3.8) is 0 Å². The predicted octanol–water partition coefficient (Wildman–Crippen LogP) is 5.04. The first kappa shape index (κ1) is 23.6. The minimum atomic E-state index is -0.448. The summed E-state index contributed by atoms with van der Waals surface area (Å²) in [6, 6.07) is 10.4. The van der Waals surface area contributed by atoms with Crippen LogP contribution in [0.3, 0.4) is 0 Å². The zero-order valence-electron chi connectivity index (χ0n) is 17.8. The number of likely N-dealkylation sites (N-methyl/N-ethyl adjacent to an activating group) is 1. The number of amidine groups is 1. The standard InChI is InChI=1S/C23H21BrN2O5S/c1-5-9-31-20-17(24)10-14(11-18(20)29-3)12-19-21(27)26(2)23(32-19)25-16-8-6-7-15(13-16)22(28)30-4/h5-8,10-13H,1,9H2,2-4H3. The second-order valence-electron chi connectivity index (χ2n) is 6.54. The van der Waals surface area contributed by atoms with E-state index in [-0.39, 0.29) is 5.91 Å². The molecular weight excluding hydrogens is 496 g/mol. The average Bonchev–Trinajstić information content (AvgIpc) is 3.05. The van der Waals surface area contributed by atoms with Crippen LogP contribution in [0.25, 0.3) is 6.08 Å². The first-order chi connectivity index (χ1) is 15.4. The fraction of sp³-hybridized carbons (Fsp3) is 0.174. The molecule has 2 aromatic carbocycles. The van der Waals surface area contributed by atoms with Gasteiger partial charge < -0.3 is 14.2 Å². The Morgan fingerprint density at radius 3 is 2.75 bits per heavy atom. The molecule has 3 rings (SSSR count). The van der Waals surface area contributed by atoms with Gasteiger partial charge in [-0.15, -0.1) is 0 Å². The molecule has 0 atom stereocenters. The number of nitrogens with zero attached hydrogens (tertiary/aromatic N) is 2. The van der Waals surface area contributed by atoms with Gasteiger partial charge in [0.1, 0.15) is 6.61 Å². The molecule has 0 unspecified atom stereocenters. The summed E-state index contributed by atoms with van der Waals surface area (Å²) in [5.74, 6) is 0.464. The summed E-state index contributed by atoms with van der Waals surface area (Å²) >= 11 is 4.74. The highest BCUT2D eigenvalue weighted by Crippen LogP contribution is 2.39. The Labute approximate surface area is 198 Å². The number of hydrogen-bond donors (Lipinski definition) is 0. The fourth-order valence-corrected chi connectivity index (χ4v) is 4.40. The maximum atomic E-state index is 12.8. The number of amides is 1. The van der Waals surface area contributed by atoms with E-state index in [1.54, 1.807) is 56.6 Å². The zero-order valence-corrected chi connectivity index (χ0v) is 20.2. The van der Waals surface area contributed by atoms with E-state index in [9.17, 15) is 9.59 Å². The number of benzene rings is 2. The molecule has 32 heavy (non-hydrogen) atoms. The van der Waals surface area contributed by atoms with E-state index >= 15 is 0 Å². The minimum Gasteiger partial charge on any atom is -0.493 e. The Balaban J connectivity index is 1.90. The average molecular weight is 517 g/mol. The maximum absolute atomic E-state index is 12.8. The monoisotopic (exact) mass is 516 g/mol. The van der Waals surface area contributed by atoms with Crippen molar-refractivity contribution in [2.24, 2.45) is 4.99 Å². The Morgan fingerprint density at radius 2 is 2.06 bits per heavy atom. The van der Waals surface area contributed by atoms with Gasteiger partial charge in [-0.05, 0) is 69.7 Å². The number of esters is 1. The van der Waals surface area contributed by atoms with E-state index in [2.05, 4.69) is 27.5 Å². The number of halogens is 1. The highest BCUT2D eigenvalue weighted by Gasteiger charge is 2.30. The van der Waals surface area contributed by atoms with Crippen molar-refractivity contribution in [2.45, 2.75) is 0 Å². The van der Waals surface area contributed by atoms with Crippen molar-refractivity contribution in [3.05, 3.63) is 69.6 Å². The molecule has 0 aromatic heterocycles. The summed E-state index contributed by atoms with van der Waals surface area (Å²) in [7, 11) is 4.53. The van der Waals surface area contributed by atoms with Crippen molar-refractivity contribution in [1.29, 1.82) is 0 Å². The van der Waals surface area contributed by atoms with Crippen LogP contribution in [0.15, 0.2) is 63.4 Å². The van der Waals surface area contributed by atoms with Crippen molar-refractivity contribution >= 4 is 56.5 Å². The van der Waals surface area contributed by atoms with Crippen LogP contribution in [0.1, 0.15) is 15.9 Å². The lowest BCUT2D eigenvalue weighted by molar-refractivity contribution is -0.121. The van der Waals surface area contributed by atoms with Crippen LogP contribution in [0.4, 0.5) is 5.69 Å². The number of carbonyl (C=O) groups is 2. The molecule has 0 spiro atoms. The van der Waals surface area contributed by atoms with Crippen LogP contribution < -0.4 is 9.47 Å². The van der Waals surface area contributed by atoms with Crippen LogP contribution in [-0.2, 0) is 9.53 Å². The largest absolute Gasteiger partial charge is 0.493 e. The molecule has 0 N–H and O–H groups in total. The van der Waals surface area contributed by atoms with E-state index in [0.717, 1.165) is 5.56 Å². The van der Waals surface area contributed by atoms with E-state index in [4.69, 9.17) is 14.2 Å². The van der Waals surface area contributed by atoms with E-state index in [1.165, 1.54) is 23.8 Å². The summed E-state index contributed by atoms with van der Waals surface area (Å²) in [5, 5.41) is 0.500. The number of aliphatic imine (C=N–C) groups is 1. The van der Waals surface area contributed by atoms with Gasteiger partial charge in [0.05, 0.1) is 34.8 Å². The van der Waals surface area contributed by atoms with Crippen LogP contribution in [-0.4, -0.2) is 49.8 Å². The first-order valence-corrected chi connectivity index (χ1v) is 11.0. The molecule has 0 aliphatic carbocycles. The van der Waals surface area contributed by atoms with E-state index in [0.29, 0.717) is 43.9 Å². The summed E-state index contributed by atoms with van der Waals surface area (Å²) in [6.45, 7) is 3.99. The molecule has 0 radical (unpaired) electrons.